The van der Waals surface area contributed by atoms with E-state index < -0.39 is 8.53 Å². The summed E-state index contributed by atoms with van der Waals surface area (Å²) >= 11 is 0. The van der Waals surface area contributed by atoms with Gasteiger partial charge >= 0.3 is 8.53 Å². The summed E-state index contributed by atoms with van der Waals surface area (Å²) in [7, 11) is -1.48. The van der Waals surface area contributed by atoms with Gasteiger partial charge in [0.1, 0.15) is 5.75 Å². The Kier molecular flexibility index (Phi) is 6.73. The lowest BCUT2D eigenvalue weighted by molar-refractivity contribution is 0.186. The van der Waals surface area contributed by atoms with Gasteiger partial charge in [0.2, 0.25) is 0 Å². The van der Waals surface area contributed by atoms with E-state index in [1.807, 2.05) is 0 Å². The predicted molar refractivity (Wildman–Crippen MR) is 165 cm³/mol. The quantitative estimate of drug-likeness (QED) is 0.207. The van der Waals surface area contributed by atoms with Gasteiger partial charge in [-0.15, -0.1) is 0 Å². The number of hydrogen-bond donors (Lipinski definition) is 0. The van der Waals surface area contributed by atoms with E-state index in [9.17, 15) is 0 Å². The molecule has 2 aliphatic rings. The fraction of sp³-hybridized carbons (Fsp3) is 0.167. The van der Waals surface area contributed by atoms with Gasteiger partial charge in [-0.1, -0.05) is 127 Å². The third kappa shape index (κ3) is 4.45. The molecule has 40 heavy (non-hydrogen) atoms. The first kappa shape index (κ1) is 25.2. The highest BCUT2D eigenvalue weighted by molar-refractivity contribution is 7.45. The average molecular weight is 542 g/mol. The number of nitrogens with zero attached hydrogens (tertiary/aromatic N) is 1. The summed E-state index contributed by atoms with van der Waals surface area (Å²) in [4.78, 5) is 0. The van der Waals surface area contributed by atoms with Crippen molar-refractivity contribution < 1.29 is 9.05 Å². The topological polar surface area (TPSA) is 21.7 Å². The molecule has 1 heterocycles. The molecule has 0 saturated carbocycles. The number of benzene rings is 5. The van der Waals surface area contributed by atoms with Crippen LogP contribution in [0.25, 0.3) is 16.8 Å². The monoisotopic (exact) mass is 541 g/mol. The van der Waals surface area contributed by atoms with Gasteiger partial charge in [0.05, 0.1) is 12.1 Å². The second kappa shape index (κ2) is 10.7. The van der Waals surface area contributed by atoms with E-state index in [1.165, 1.54) is 38.6 Å². The van der Waals surface area contributed by atoms with E-state index in [1.54, 1.807) is 0 Å². The molecule has 7 rings (SSSR count). The number of fused-ring (bicyclic) bond motifs is 7. The fourth-order valence-corrected chi connectivity index (χ4v) is 7.99. The van der Waals surface area contributed by atoms with E-state index in [-0.39, 0.29) is 24.1 Å². The molecule has 198 valence electrons. The second-order valence-electron chi connectivity index (χ2n) is 10.8. The molecule has 3 atom stereocenters. The highest BCUT2D eigenvalue weighted by Crippen LogP contribution is 2.59. The van der Waals surface area contributed by atoms with Crippen LogP contribution in [0.4, 0.5) is 0 Å². The molecular weight excluding hydrogens is 509 g/mol. The van der Waals surface area contributed by atoms with E-state index >= 15 is 0 Å². The molecule has 1 aliphatic heterocycles. The normalized spacial score (nSPS) is 19.7. The van der Waals surface area contributed by atoms with Crippen molar-refractivity contribution in [2.24, 2.45) is 0 Å². The molecule has 3 unspecified atom stereocenters. The Hall–Kier alpha value is -3.75. The Morgan fingerprint density at radius 3 is 2.08 bits per heavy atom. The zero-order valence-corrected chi connectivity index (χ0v) is 23.6. The van der Waals surface area contributed by atoms with Crippen LogP contribution in [0, 0.1) is 0 Å². The van der Waals surface area contributed by atoms with Gasteiger partial charge < -0.3 is 9.05 Å². The summed E-state index contributed by atoms with van der Waals surface area (Å²) in [6, 6.07) is 43.2. The first-order chi connectivity index (χ1) is 19.7. The summed E-state index contributed by atoms with van der Waals surface area (Å²) in [5.74, 6) is 0.948. The van der Waals surface area contributed by atoms with Crippen LogP contribution in [-0.4, -0.2) is 16.8 Å². The van der Waals surface area contributed by atoms with Gasteiger partial charge in [0, 0.05) is 17.5 Å². The van der Waals surface area contributed by atoms with E-state index in [0.717, 1.165) is 5.75 Å². The molecule has 5 aromatic rings. The maximum Gasteiger partial charge on any atom is 0.322 e. The van der Waals surface area contributed by atoms with Crippen LogP contribution in [0.1, 0.15) is 53.6 Å². The van der Waals surface area contributed by atoms with Gasteiger partial charge in [-0.25, -0.2) is 4.67 Å². The molecule has 4 heteroatoms. The molecule has 1 aliphatic carbocycles. The van der Waals surface area contributed by atoms with Crippen molar-refractivity contribution in [1.29, 1.82) is 0 Å². The lowest BCUT2D eigenvalue weighted by Gasteiger charge is -2.39. The minimum atomic E-state index is -1.48. The van der Waals surface area contributed by atoms with E-state index in [2.05, 4.69) is 152 Å². The van der Waals surface area contributed by atoms with E-state index in [0.29, 0.717) is 0 Å². The van der Waals surface area contributed by atoms with Crippen molar-refractivity contribution >= 4 is 25.4 Å². The van der Waals surface area contributed by atoms with Crippen LogP contribution in [0.2, 0.25) is 0 Å². The van der Waals surface area contributed by atoms with Gasteiger partial charge in [0.25, 0.3) is 0 Å². The first-order valence-electron chi connectivity index (χ1n) is 14.0. The fourth-order valence-electron chi connectivity index (χ4n) is 6.19. The summed E-state index contributed by atoms with van der Waals surface area (Å²) in [6.07, 6.45) is 4.30. The Labute approximate surface area is 237 Å². The predicted octanol–water partition coefficient (Wildman–Crippen LogP) is 9.50. The highest BCUT2D eigenvalue weighted by atomic mass is 31.2. The maximum atomic E-state index is 7.13. The van der Waals surface area contributed by atoms with Gasteiger partial charge in [-0.2, -0.15) is 0 Å². The molecule has 0 amide bonds. The van der Waals surface area contributed by atoms with Crippen LogP contribution in [0.15, 0.2) is 127 Å². The standard InChI is InChI=1S/C36H32NO2P/c1-25(2)37(36(28-15-5-3-6-16-28)29-17-7-4-8-18-29)40-38-32-23-21-26-13-9-11-19-30(26)34(32)35-31-20-12-10-14-27(31)22-24-33(35)39-40/h3-25,32,34,36H,1-2H3. The minimum Gasteiger partial charge on any atom is -0.435 e. The van der Waals surface area contributed by atoms with Crippen LogP contribution < -0.4 is 4.52 Å². The molecular formula is C36H32NO2P. The minimum absolute atomic E-state index is 0.0196. The Morgan fingerprint density at radius 2 is 1.35 bits per heavy atom. The van der Waals surface area contributed by atoms with Gasteiger partial charge in [0.15, 0.2) is 0 Å². The first-order valence-corrected chi connectivity index (χ1v) is 15.1. The Bertz CT molecular complexity index is 1630. The van der Waals surface area contributed by atoms with Crippen molar-refractivity contribution in [3.63, 3.8) is 0 Å². The molecule has 0 fully saturated rings. The lowest BCUT2D eigenvalue weighted by Crippen LogP contribution is -2.34. The SMILES string of the molecule is CC(C)N(C(c1ccccc1)c1ccccc1)P1Oc2ccc3ccccc3c2C2c3ccccc3C=CC2O1. The van der Waals surface area contributed by atoms with Crippen LogP contribution in [0.3, 0.4) is 0 Å². The van der Waals surface area contributed by atoms with Crippen molar-refractivity contribution in [2.45, 2.75) is 38.0 Å². The van der Waals surface area contributed by atoms with Crippen LogP contribution >= 0.6 is 8.53 Å². The number of hydrogen-bond acceptors (Lipinski definition) is 3. The van der Waals surface area contributed by atoms with Crippen LogP contribution in [0.5, 0.6) is 5.75 Å². The molecule has 0 spiro atoms. The second-order valence-corrected chi connectivity index (χ2v) is 12.1. The lowest BCUT2D eigenvalue weighted by atomic mass is 9.78. The maximum absolute atomic E-state index is 7.13. The highest BCUT2D eigenvalue weighted by Gasteiger charge is 2.43. The molecule has 5 aromatic carbocycles. The zero-order chi connectivity index (χ0) is 27.1. The van der Waals surface area contributed by atoms with Crippen molar-refractivity contribution in [3.8, 4) is 5.75 Å². The summed E-state index contributed by atoms with van der Waals surface area (Å²) < 4.78 is 16.6. The molecule has 3 nitrogen and oxygen atoms in total. The molecule has 0 radical (unpaired) electrons. The average Bonchev–Trinajstić information content (AvgIpc) is 3.17. The van der Waals surface area contributed by atoms with Gasteiger partial charge in [-0.05, 0) is 52.9 Å². The third-order valence-corrected chi connectivity index (χ3v) is 9.81. The zero-order valence-electron chi connectivity index (χ0n) is 22.7. The summed E-state index contributed by atoms with van der Waals surface area (Å²) in [6.45, 7) is 4.48. The smallest absolute Gasteiger partial charge is 0.322 e. The van der Waals surface area contributed by atoms with Gasteiger partial charge in [-0.3, -0.25) is 0 Å². The van der Waals surface area contributed by atoms with E-state index in [4.69, 9.17) is 9.05 Å². The van der Waals surface area contributed by atoms with Crippen molar-refractivity contribution in [1.82, 2.24) is 4.67 Å². The molecule has 0 aromatic heterocycles. The molecule has 0 bridgehead atoms. The number of rotatable bonds is 5. The third-order valence-electron chi connectivity index (χ3n) is 7.97. The Morgan fingerprint density at radius 1 is 0.700 bits per heavy atom. The molecule has 0 saturated heterocycles. The van der Waals surface area contributed by atoms with Crippen molar-refractivity contribution in [3.05, 3.63) is 155 Å². The Balaban J connectivity index is 1.42. The summed E-state index contributed by atoms with van der Waals surface area (Å²) in [5, 5.41) is 2.44. The molecule has 0 N–H and O–H groups in total. The largest absolute Gasteiger partial charge is 0.435 e. The van der Waals surface area contributed by atoms with Crippen molar-refractivity contribution in [2.75, 3.05) is 0 Å². The summed E-state index contributed by atoms with van der Waals surface area (Å²) in [5.41, 5.74) is 6.18. The van der Waals surface area contributed by atoms with Crippen LogP contribution in [-0.2, 0) is 4.52 Å².